The molecule has 0 unspecified atom stereocenters. The van der Waals surface area contributed by atoms with Crippen molar-refractivity contribution in [2.45, 2.75) is 19.3 Å². The Morgan fingerprint density at radius 2 is 1.17 bits per heavy atom. The zero-order chi connectivity index (χ0) is 34.6. The molecule has 0 aliphatic heterocycles. The topological polar surface area (TPSA) is 16.4 Å². The summed E-state index contributed by atoms with van der Waals surface area (Å²) >= 11 is 1.87. The third-order valence-electron chi connectivity index (χ3n) is 11.3. The van der Waals surface area contributed by atoms with Crippen LogP contribution in [0.3, 0.4) is 0 Å². The second kappa shape index (κ2) is 10.9. The van der Waals surface area contributed by atoms with Gasteiger partial charge in [-0.15, -0.1) is 11.3 Å². The molecule has 0 atom stereocenters. The van der Waals surface area contributed by atoms with Crippen LogP contribution in [0.5, 0.6) is 0 Å². The average molecular weight is 684 g/mol. The highest BCUT2D eigenvalue weighted by Gasteiger charge is 2.36. The molecular formula is C49H33NOS. The van der Waals surface area contributed by atoms with Crippen molar-refractivity contribution < 1.29 is 4.42 Å². The predicted molar refractivity (Wildman–Crippen MR) is 222 cm³/mol. The minimum atomic E-state index is -0.129. The lowest BCUT2D eigenvalue weighted by molar-refractivity contribution is 0.660. The summed E-state index contributed by atoms with van der Waals surface area (Å²) in [6.07, 6.45) is 0. The first-order chi connectivity index (χ1) is 25.6. The number of furan rings is 1. The van der Waals surface area contributed by atoms with Crippen molar-refractivity contribution in [3.63, 3.8) is 0 Å². The van der Waals surface area contributed by atoms with E-state index in [-0.39, 0.29) is 5.41 Å². The molecule has 0 saturated carbocycles. The van der Waals surface area contributed by atoms with Crippen LogP contribution in [0.2, 0.25) is 0 Å². The van der Waals surface area contributed by atoms with Crippen LogP contribution in [0, 0.1) is 0 Å². The van der Waals surface area contributed by atoms with Gasteiger partial charge in [0, 0.05) is 32.0 Å². The molecule has 246 valence electrons. The third-order valence-corrected chi connectivity index (χ3v) is 12.5. The summed E-state index contributed by atoms with van der Waals surface area (Å²) < 4.78 is 9.41. The summed E-state index contributed by atoms with van der Waals surface area (Å²) in [7, 11) is 0. The van der Waals surface area contributed by atoms with E-state index in [2.05, 4.69) is 183 Å². The van der Waals surface area contributed by atoms with Gasteiger partial charge in [0.05, 0.1) is 21.5 Å². The average Bonchev–Trinajstić information content (AvgIpc) is 3.84. The van der Waals surface area contributed by atoms with Crippen LogP contribution in [0.25, 0.3) is 75.1 Å². The molecule has 11 rings (SSSR count). The molecule has 52 heavy (non-hydrogen) atoms. The number of fused-ring (bicyclic) bond motifs is 11. The van der Waals surface area contributed by atoms with Crippen molar-refractivity contribution in [3.8, 4) is 22.3 Å². The van der Waals surface area contributed by atoms with E-state index in [0.717, 1.165) is 33.3 Å². The highest BCUT2D eigenvalue weighted by atomic mass is 32.1. The van der Waals surface area contributed by atoms with E-state index in [1.807, 2.05) is 11.3 Å². The summed E-state index contributed by atoms with van der Waals surface area (Å²) in [5.74, 6) is 0. The minimum absolute atomic E-state index is 0.129. The first-order valence-electron chi connectivity index (χ1n) is 17.9. The van der Waals surface area contributed by atoms with E-state index in [1.54, 1.807) is 0 Å². The molecule has 0 spiro atoms. The molecule has 8 aromatic carbocycles. The van der Waals surface area contributed by atoms with Crippen molar-refractivity contribution in [2.75, 3.05) is 4.90 Å². The Balaban J connectivity index is 1.24. The Hall–Kier alpha value is -6.16. The number of nitrogens with zero attached hydrogens (tertiary/aromatic N) is 1. The summed E-state index contributed by atoms with van der Waals surface area (Å²) in [5.41, 5.74) is 12.8. The van der Waals surface area contributed by atoms with Crippen molar-refractivity contribution in [2.24, 2.45) is 0 Å². The van der Waals surface area contributed by atoms with Crippen LogP contribution < -0.4 is 4.90 Å². The van der Waals surface area contributed by atoms with Gasteiger partial charge in [0.2, 0.25) is 0 Å². The fourth-order valence-corrected chi connectivity index (χ4v) is 10.1. The van der Waals surface area contributed by atoms with E-state index >= 15 is 0 Å². The number of rotatable bonds is 4. The zero-order valence-corrected chi connectivity index (χ0v) is 29.7. The molecule has 1 aliphatic carbocycles. The molecule has 10 aromatic rings. The lowest BCUT2D eigenvalue weighted by Crippen LogP contribution is -2.16. The van der Waals surface area contributed by atoms with Crippen LogP contribution in [0.15, 0.2) is 168 Å². The monoisotopic (exact) mass is 683 g/mol. The van der Waals surface area contributed by atoms with Gasteiger partial charge in [-0.2, -0.15) is 0 Å². The van der Waals surface area contributed by atoms with Crippen molar-refractivity contribution in [1.82, 2.24) is 0 Å². The second-order valence-corrected chi connectivity index (χ2v) is 15.5. The van der Waals surface area contributed by atoms with Gasteiger partial charge in [-0.1, -0.05) is 135 Å². The quantitative estimate of drug-likeness (QED) is 0.184. The van der Waals surface area contributed by atoms with Crippen molar-refractivity contribution in [1.29, 1.82) is 0 Å². The molecule has 0 saturated heterocycles. The van der Waals surface area contributed by atoms with Crippen LogP contribution >= 0.6 is 11.3 Å². The SMILES string of the molecule is CC1(C)c2ccccc2-c2ccc(N(c3cccc4c3sc3ccccc34)c3cccc4oc5cc(-c6ccccc6)c6ccccc6c5c34)cc21. The summed E-state index contributed by atoms with van der Waals surface area (Å²) in [5, 5.41) is 7.24. The molecule has 0 amide bonds. The van der Waals surface area contributed by atoms with Gasteiger partial charge in [0.25, 0.3) is 0 Å². The van der Waals surface area contributed by atoms with E-state index in [0.29, 0.717) is 0 Å². The van der Waals surface area contributed by atoms with E-state index < -0.39 is 0 Å². The van der Waals surface area contributed by atoms with Gasteiger partial charge in [-0.25, -0.2) is 0 Å². The lowest BCUT2D eigenvalue weighted by Gasteiger charge is -2.29. The van der Waals surface area contributed by atoms with Crippen LogP contribution in [0.1, 0.15) is 25.0 Å². The molecule has 0 fully saturated rings. The Kier molecular flexibility index (Phi) is 6.21. The fourth-order valence-electron chi connectivity index (χ4n) is 8.85. The molecule has 0 bridgehead atoms. The predicted octanol–water partition coefficient (Wildman–Crippen LogP) is 14.6. The van der Waals surface area contributed by atoms with Crippen molar-refractivity contribution in [3.05, 3.63) is 175 Å². The maximum atomic E-state index is 6.85. The molecular weight excluding hydrogens is 651 g/mol. The van der Waals surface area contributed by atoms with Gasteiger partial charge < -0.3 is 9.32 Å². The second-order valence-electron chi connectivity index (χ2n) is 14.4. The normalized spacial score (nSPS) is 13.3. The minimum Gasteiger partial charge on any atom is -0.456 e. The van der Waals surface area contributed by atoms with Gasteiger partial charge in [-0.05, 0) is 86.6 Å². The summed E-state index contributed by atoms with van der Waals surface area (Å²) in [6.45, 7) is 4.72. The Morgan fingerprint density at radius 3 is 2.06 bits per heavy atom. The maximum absolute atomic E-state index is 6.85. The lowest BCUT2D eigenvalue weighted by atomic mass is 9.82. The van der Waals surface area contributed by atoms with Gasteiger partial charge in [0.1, 0.15) is 11.2 Å². The number of benzene rings is 8. The van der Waals surface area contributed by atoms with Gasteiger partial charge in [-0.3, -0.25) is 0 Å². The number of thiophene rings is 1. The Labute approximate surface area is 305 Å². The molecule has 1 aliphatic rings. The smallest absolute Gasteiger partial charge is 0.137 e. The zero-order valence-electron chi connectivity index (χ0n) is 28.9. The fraction of sp³-hybridized carbons (Fsp3) is 0.0612. The van der Waals surface area contributed by atoms with Crippen LogP contribution in [0.4, 0.5) is 17.1 Å². The molecule has 2 aromatic heterocycles. The molecule has 2 nitrogen and oxygen atoms in total. The first kappa shape index (κ1) is 29.6. The van der Waals surface area contributed by atoms with Crippen LogP contribution in [-0.4, -0.2) is 0 Å². The summed E-state index contributed by atoms with van der Waals surface area (Å²) in [6, 6.07) is 59.7. The number of anilines is 3. The number of hydrogen-bond acceptors (Lipinski definition) is 3. The van der Waals surface area contributed by atoms with Crippen LogP contribution in [-0.2, 0) is 5.41 Å². The van der Waals surface area contributed by atoms with Gasteiger partial charge >= 0.3 is 0 Å². The largest absolute Gasteiger partial charge is 0.456 e. The molecule has 0 N–H and O–H groups in total. The van der Waals surface area contributed by atoms with Gasteiger partial charge in [0.15, 0.2) is 0 Å². The maximum Gasteiger partial charge on any atom is 0.137 e. The Bertz CT molecular complexity index is 3060. The highest BCUT2D eigenvalue weighted by molar-refractivity contribution is 7.26. The number of hydrogen-bond donors (Lipinski definition) is 0. The highest BCUT2D eigenvalue weighted by Crippen LogP contribution is 2.53. The van der Waals surface area contributed by atoms with E-state index in [1.165, 1.54) is 70.0 Å². The standard InChI is InChI=1S/C49H33NOS/c1-49(2)39-21-10-8-17-33(39)34-27-26-31(28-40(34)49)50(42-23-12-20-37-35-18-9-11-25-45(35)52-48(37)42)41-22-13-24-43-47(41)46-36-19-7-6-16-32(36)38(29-44(46)51-43)30-14-4-3-5-15-30/h3-29H,1-2H3. The first-order valence-corrected chi connectivity index (χ1v) is 18.7. The summed E-state index contributed by atoms with van der Waals surface area (Å²) in [4.78, 5) is 2.49. The third kappa shape index (κ3) is 4.11. The Morgan fingerprint density at radius 1 is 0.481 bits per heavy atom. The van der Waals surface area contributed by atoms with Crippen molar-refractivity contribution >= 4 is 81.3 Å². The van der Waals surface area contributed by atoms with E-state index in [4.69, 9.17) is 4.42 Å². The molecule has 2 heterocycles. The molecule has 3 heteroatoms. The van der Waals surface area contributed by atoms with E-state index in [9.17, 15) is 0 Å². The molecule has 0 radical (unpaired) electrons.